The summed E-state index contributed by atoms with van der Waals surface area (Å²) >= 11 is 0. The van der Waals surface area contributed by atoms with E-state index in [1.54, 1.807) is 12.3 Å². The maximum Gasteiger partial charge on any atom is 0.328 e. The van der Waals surface area contributed by atoms with E-state index in [0.29, 0.717) is 6.04 Å². The van der Waals surface area contributed by atoms with Crippen molar-refractivity contribution in [1.29, 1.82) is 0 Å². The number of carbonyl (C=O) groups is 1. The molecule has 4 heteroatoms. The van der Waals surface area contributed by atoms with Gasteiger partial charge in [-0.05, 0) is 43.5 Å². The second-order valence-corrected chi connectivity index (χ2v) is 4.83. The summed E-state index contributed by atoms with van der Waals surface area (Å²) in [4.78, 5) is 17.1. The molecule has 1 aromatic heterocycles. The van der Waals surface area contributed by atoms with Gasteiger partial charge < -0.3 is 10.0 Å². The smallest absolute Gasteiger partial charge is 0.328 e. The van der Waals surface area contributed by atoms with E-state index >= 15 is 0 Å². The van der Waals surface area contributed by atoms with E-state index in [0.717, 1.165) is 35.9 Å². The lowest BCUT2D eigenvalue weighted by molar-refractivity contribution is -0.131. The summed E-state index contributed by atoms with van der Waals surface area (Å²) in [6, 6.07) is 2.40. The number of carboxylic acids is 1. The van der Waals surface area contributed by atoms with E-state index < -0.39 is 5.97 Å². The van der Waals surface area contributed by atoms with Gasteiger partial charge in [0, 0.05) is 25.4 Å². The SMILES string of the molecule is CCCC(C)N(C)c1ncc(/C=C/C(=O)O)cc1C. The summed E-state index contributed by atoms with van der Waals surface area (Å²) in [7, 11) is 2.04. The summed E-state index contributed by atoms with van der Waals surface area (Å²) in [5.41, 5.74) is 1.86. The summed E-state index contributed by atoms with van der Waals surface area (Å²) < 4.78 is 0. The molecule has 1 aromatic rings. The number of carboxylic acid groups (broad SMARTS) is 1. The van der Waals surface area contributed by atoms with Gasteiger partial charge in [-0.25, -0.2) is 9.78 Å². The van der Waals surface area contributed by atoms with Gasteiger partial charge in [0.25, 0.3) is 0 Å². The maximum atomic E-state index is 10.5. The van der Waals surface area contributed by atoms with Gasteiger partial charge in [-0.3, -0.25) is 0 Å². The predicted molar refractivity (Wildman–Crippen MR) is 78.4 cm³/mol. The monoisotopic (exact) mass is 262 g/mol. The lowest BCUT2D eigenvalue weighted by atomic mass is 10.1. The molecule has 1 rings (SSSR count). The molecule has 0 fully saturated rings. The van der Waals surface area contributed by atoms with Crippen molar-refractivity contribution < 1.29 is 9.90 Å². The zero-order valence-electron chi connectivity index (χ0n) is 12.1. The zero-order chi connectivity index (χ0) is 14.4. The molecule has 0 saturated heterocycles. The first-order valence-corrected chi connectivity index (χ1v) is 6.56. The standard InChI is InChI=1S/C15H22N2O2/c1-5-6-12(3)17(4)15-11(2)9-13(10-16-15)7-8-14(18)19/h7-10,12H,5-6H2,1-4H3,(H,18,19)/b8-7+. The van der Waals surface area contributed by atoms with Gasteiger partial charge in [0.15, 0.2) is 0 Å². The van der Waals surface area contributed by atoms with Crippen molar-refractivity contribution in [3.63, 3.8) is 0 Å². The number of aromatic nitrogens is 1. The number of hydrogen-bond donors (Lipinski definition) is 1. The van der Waals surface area contributed by atoms with Gasteiger partial charge >= 0.3 is 5.97 Å². The summed E-state index contributed by atoms with van der Waals surface area (Å²) in [6.45, 7) is 6.35. The topological polar surface area (TPSA) is 53.4 Å². The average Bonchev–Trinajstić information content (AvgIpc) is 2.36. The van der Waals surface area contributed by atoms with Crippen molar-refractivity contribution in [3.05, 3.63) is 29.5 Å². The molecule has 0 aliphatic heterocycles. The number of hydrogen-bond acceptors (Lipinski definition) is 3. The molecular formula is C15H22N2O2. The zero-order valence-corrected chi connectivity index (χ0v) is 12.1. The number of anilines is 1. The van der Waals surface area contributed by atoms with Crippen LogP contribution in [-0.2, 0) is 4.79 Å². The van der Waals surface area contributed by atoms with Crippen molar-refractivity contribution >= 4 is 17.9 Å². The lowest BCUT2D eigenvalue weighted by Gasteiger charge is -2.27. The highest BCUT2D eigenvalue weighted by Gasteiger charge is 2.12. The quantitative estimate of drug-likeness (QED) is 0.800. The fourth-order valence-corrected chi connectivity index (χ4v) is 2.04. The van der Waals surface area contributed by atoms with Crippen LogP contribution >= 0.6 is 0 Å². The Kier molecular flexibility index (Phi) is 5.55. The molecule has 1 unspecified atom stereocenters. The minimum absolute atomic E-state index is 0.441. The molecule has 1 N–H and O–H groups in total. The van der Waals surface area contributed by atoms with E-state index in [4.69, 9.17) is 5.11 Å². The molecule has 0 saturated carbocycles. The van der Waals surface area contributed by atoms with E-state index in [-0.39, 0.29) is 0 Å². The predicted octanol–water partition coefficient (Wildman–Crippen LogP) is 3.11. The third-order valence-corrected chi connectivity index (χ3v) is 3.19. The Morgan fingerprint density at radius 1 is 1.58 bits per heavy atom. The third-order valence-electron chi connectivity index (χ3n) is 3.19. The van der Waals surface area contributed by atoms with Crippen molar-refractivity contribution in [2.45, 2.75) is 39.7 Å². The molecule has 0 bridgehead atoms. The van der Waals surface area contributed by atoms with Crippen LogP contribution in [0.25, 0.3) is 6.08 Å². The molecule has 0 aliphatic rings. The second kappa shape index (κ2) is 6.92. The van der Waals surface area contributed by atoms with Gasteiger partial charge in [0.05, 0.1) is 0 Å². The van der Waals surface area contributed by atoms with Crippen LogP contribution in [0.2, 0.25) is 0 Å². The molecule has 19 heavy (non-hydrogen) atoms. The molecular weight excluding hydrogens is 240 g/mol. The van der Waals surface area contributed by atoms with Crippen LogP contribution in [0, 0.1) is 6.92 Å². The lowest BCUT2D eigenvalue weighted by Crippen LogP contribution is -2.30. The van der Waals surface area contributed by atoms with E-state index in [1.807, 2.05) is 20.0 Å². The van der Waals surface area contributed by atoms with Crippen LogP contribution in [0.15, 0.2) is 18.3 Å². The highest BCUT2D eigenvalue weighted by atomic mass is 16.4. The van der Waals surface area contributed by atoms with E-state index in [1.165, 1.54) is 0 Å². The maximum absolute atomic E-state index is 10.5. The number of aryl methyl sites for hydroxylation is 1. The Balaban J connectivity index is 2.91. The highest BCUT2D eigenvalue weighted by molar-refractivity contribution is 5.85. The van der Waals surface area contributed by atoms with Gasteiger partial charge in [0.2, 0.25) is 0 Å². The Labute approximate surface area is 114 Å². The largest absolute Gasteiger partial charge is 0.478 e. The Morgan fingerprint density at radius 2 is 2.26 bits per heavy atom. The van der Waals surface area contributed by atoms with Crippen LogP contribution in [0.3, 0.4) is 0 Å². The van der Waals surface area contributed by atoms with Gasteiger partial charge in [-0.1, -0.05) is 13.3 Å². The first-order valence-electron chi connectivity index (χ1n) is 6.56. The van der Waals surface area contributed by atoms with Crippen LogP contribution in [0.4, 0.5) is 5.82 Å². The first kappa shape index (κ1) is 15.2. The summed E-state index contributed by atoms with van der Waals surface area (Å²) in [5.74, 6) is 0.00356. The van der Waals surface area contributed by atoms with Crippen LogP contribution < -0.4 is 4.90 Å². The Morgan fingerprint density at radius 3 is 2.79 bits per heavy atom. The number of aliphatic carboxylic acids is 1. The second-order valence-electron chi connectivity index (χ2n) is 4.83. The van der Waals surface area contributed by atoms with Gasteiger partial charge in [0.1, 0.15) is 5.82 Å². The molecule has 1 heterocycles. The molecule has 0 aromatic carbocycles. The van der Waals surface area contributed by atoms with Crippen molar-refractivity contribution in [1.82, 2.24) is 4.98 Å². The number of rotatable bonds is 6. The summed E-state index contributed by atoms with van der Waals surface area (Å²) in [5, 5.41) is 8.60. The van der Waals surface area contributed by atoms with Crippen molar-refractivity contribution in [3.8, 4) is 0 Å². The molecule has 0 spiro atoms. The van der Waals surface area contributed by atoms with Crippen LogP contribution in [0.5, 0.6) is 0 Å². The molecule has 104 valence electrons. The molecule has 4 nitrogen and oxygen atoms in total. The Bertz CT molecular complexity index is 469. The third kappa shape index (κ3) is 4.39. The fraction of sp³-hybridized carbons (Fsp3) is 0.467. The first-order chi connectivity index (χ1) is 8.95. The normalized spacial score (nSPS) is 12.6. The summed E-state index contributed by atoms with van der Waals surface area (Å²) in [6.07, 6.45) is 6.65. The molecule has 0 radical (unpaired) electrons. The average molecular weight is 262 g/mol. The van der Waals surface area contributed by atoms with Gasteiger partial charge in [-0.15, -0.1) is 0 Å². The Hall–Kier alpha value is -1.84. The molecule has 0 amide bonds. The van der Waals surface area contributed by atoms with Crippen LogP contribution in [0.1, 0.15) is 37.8 Å². The number of pyridine rings is 1. The minimum Gasteiger partial charge on any atom is -0.478 e. The van der Waals surface area contributed by atoms with E-state index in [9.17, 15) is 4.79 Å². The fourth-order valence-electron chi connectivity index (χ4n) is 2.04. The molecule has 1 atom stereocenters. The molecule has 0 aliphatic carbocycles. The number of nitrogens with zero attached hydrogens (tertiary/aromatic N) is 2. The van der Waals surface area contributed by atoms with Crippen molar-refractivity contribution in [2.75, 3.05) is 11.9 Å². The van der Waals surface area contributed by atoms with E-state index in [2.05, 4.69) is 23.7 Å². The van der Waals surface area contributed by atoms with Crippen molar-refractivity contribution in [2.24, 2.45) is 0 Å². The van der Waals surface area contributed by atoms with Gasteiger partial charge in [-0.2, -0.15) is 0 Å². The minimum atomic E-state index is -0.949. The highest BCUT2D eigenvalue weighted by Crippen LogP contribution is 2.20. The van der Waals surface area contributed by atoms with Crippen LogP contribution in [-0.4, -0.2) is 29.1 Å².